The predicted molar refractivity (Wildman–Crippen MR) is 120 cm³/mol. The van der Waals surface area contributed by atoms with Gasteiger partial charge in [-0.25, -0.2) is 4.68 Å². The van der Waals surface area contributed by atoms with Gasteiger partial charge in [0, 0.05) is 32.5 Å². The molecule has 2 aromatic carbocycles. The molecule has 0 saturated carbocycles. The smallest absolute Gasteiger partial charge is 0.191 e. The molecule has 1 heterocycles. The van der Waals surface area contributed by atoms with Gasteiger partial charge >= 0.3 is 0 Å². The number of methoxy groups -OCH3 is 1. The van der Waals surface area contributed by atoms with Gasteiger partial charge in [0.25, 0.3) is 0 Å². The summed E-state index contributed by atoms with van der Waals surface area (Å²) < 4.78 is 12.8. The van der Waals surface area contributed by atoms with Gasteiger partial charge in [0.2, 0.25) is 0 Å². The Balaban J connectivity index is 1.47. The van der Waals surface area contributed by atoms with E-state index in [-0.39, 0.29) is 0 Å². The first kappa shape index (κ1) is 21.2. The monoisotopic (exact) mass is 407 g/mol. The van der Waals surface area contributed by atoms with E-state index in [9.17, 15) is 0 Å². The Bertz CT molecular complexity index is 937. The van der Waals surface area contributed by atoms with Gasteiger partial charge < -0.3 is 20.1 Å². The maximum atomic E-state index is 5.57. The lowest BCUT2D eigenvalue weighted by Gasteiger charge is -2.14. The van der Waals surface area contributed by atoms with Crippen LogP contribution in [0.5, 0.6) is 11.5 Å². The van der Waals surface area contributed by atoms with Crippen LogP contribution in [-0.2, 0) is 13.0 Å². The van der Waals surface area contributed by atoms with E-state index >= 15 is 0 Å². The Kier molecular flexibility index (Phi) is 7.71. The Labute approximate surface area is 177 Å². The summed E-state index contributed by atoms with van der Waals surface area (Å²) in [6.07, 6.45) is 4.61. The van der Waals surface area contributed by atoms with Crippen LogP contribution in [0.3, 0.4) is 0 Å². The molecule has 30 heavy (non-hydrogen) atoms. The van der Waals surface area contributed by atoms with Gasteiger partial charge in [-0.2, -0.15) is 5.10 Å². The van der Waals surface area contributed by atoms with Crippen LogP contribution in [0.15, 0.2) is 65.9 Å². The van der Waals surface area contributed by atoms with Crippen molar-refractivity contribution in [3.05, 3.63) is 72.1 Å². The number of nitrogens with zero attached hydrogens (tertiary/aromatic N) is 3. The average molecular weight is 408 g/mol. The largest absolute Gasteiger partial charge is 0.493 e. The number of aliphatic imine (C=N–C) groups is 1. The summed E-state index contributed by atoms with van der Waals surface area (Å²) in [6, 6.07) is 16.3. The third-order valence-electron chi connectivity index (χ3n) is 4.62. The van der Waals surface area contributed by atoms with Crippen molar-refractivity contribution in [2.45, 2.75) is 19.9 Å². The molecule has 0 spiro atoms. The molecule has 0 saturated heterocycles. The zero-order valence-electron chi connectivity index (χ0n) is 17.8. The van der Waals surface area contributed by atoms with E-state index in [2.05, 4.69) is 45.0 Å². The summed E-state index contributed by atoms with van der Waals surface area (Å²) in [4.78, 5) is 4.30. The Morgan fingerprint density at radius 1 is 1.07 bits per heavy atom. The van der Waals surface area contributed by atoms with E-state index in [1.165, 1.54) is 5.56 Å². The molecular formula is C23H29N5O2. The van der Waals surface area contributed by atoms with Crippen molar-refractivity contribution in [3.8, 4) is 17.2 Å². The lowest BCUT2D eigenvalue weighted by molar-refractivity contribution is 0.310. The molecule has 1 aromatic heterocycles. The van der Waals surface area contributed by atoms with E-state index < -0.39 is 0 Å². The molecule has 0 aliphatic carbocycles. The average Bonchev–Trinajstić information content (AvgIpc) is 3.32. The second-order valence-corrected chi connectivity index (χ2v) is 6.64. The second kappa shape index (κ2) is 10.9. The Hall–Kier alpha value is -3.48. The molecule has 0 radical (unpaired) electrons. The van der Waals surface area contributed by atoms with Gasteiger partial charge in [-0.15, -0.1) is 0 Å². The highest BCUT2D eigenvalue weighted by Gasteiger charge is 2.06. The van der Waals surface area contributed by atoms with Crippen LogP contribution < -0.4 is 20.1 Å². The summed E-state index contributed by atoms with van der Waals surface area (Å²) >= 11 is 0. The molecule has 158 valence electrons. The van der Waals surface area contributed by atoms with Gasteiger partial charge in [-0.1, -0.05) is 18.2 Å². The maximum Gasteiger partial charge on any atom is 0.191 e. The molecule has 0 unspecified atom stereocenters. The minimum Gasteiger partial charge on any atom is -0.493 e. The summed E-state index contributed by atoms with van der Waals surface area (Å²) in [6.45, 7) is 3.99. The van der Waals surface area contributed by atoms with Crippen molar-refractivity contribution < 1.29 is 9.47 Å². The Morgan fingerprint density at radius 2 is 1.87 bits per heavy atom. The molecule has 0 bridgehead atoms. The van der Waals surface area contributed by atoms with Gasteiger partial charge in [0.1, 0.15) is 0 Å². The van der Waals surface area contributed by atoms with Crippen molar-refractivity contribution in [1.29, 1.82) is 0 Å². The molecule has 0 amide bonds. The highest BCUT2D eigenvalue weighted by atomic mass is 16.5. The molecule has 3 aromatic rings. The number of nitrogens with one attached hydrogen (secondary N) is 2. The third kappa shape index (κ3) is 5.76. The number of benzene rings is 2. The maximum absolute atomic E-state index is 5.57. The minimum absolute atomic E-state index is 0.608. The van der Waals surface area contributed by atoms with E-state index in [0.717, 1.165) is 41.7 Å². The fourth-order valence-electron chi connectivity index (χ4n) is 3.07. The molecule has 3 rings (SSSR count). The zero-order chi connectivity index (χ0) is 21.2. The van der Waals surface area contributed by atoms with Crippen LogP contribution >= 0.6 is 0 Å². The quantitative estimate of drug-likeness (QED) is 0.421. The molecule has 0 aliphatic heterocycles. The first-order valence-corrected chi connectivity index (χ1v) is 10.1. The summed E-state index contributed by atoms with van der Waals surface area (Å²) in [5.41, 5.74) is 3.40. The fraction of sp³-hybridized carbons (Fsp3) is 0.304. The lowest BCUT2D eigenvalue weighted by Crippen LogP contribution is -2.37. The van der Waals surface area contributed by atoms with Gasteiger partial charge in [0.05, 0.1) is 19.4 Å². The molecule has 0 atom stereocenters. The number of aromatic nitrogens is 2. The van der Waals surface area contributed by atoms with Crippen molar-refractivity contribution in [2.24, 2.45) is 4.99 Å². The summed E-state index contributed by atoms with van der Waals surface area (Å²) in [5.74, 6) is 2.25. The van der Waals surface area contributed by atoms with Crippen LogP contribution in [0.25, 0.3) is 5.69 Å². The second-order valence-electron chi connectivity index (χ2n) is 6.64. The van der Waals surface area contributed by atoms with Gasteiger partial charge in [-0.05, 0) is 54.8 Å². The normalized spacial score (nSPS) is 11.2. The highest BCUT2D eigenvalue weighted by Crippen LogP contribution is 2.27. The number of hydrogen-bond acceptors (Lipinski definition) is 4. The Morgan fingerprint density at radius 3 is 2.53 bits per heavy atom. The SMILES string of the molecule is CCOc1ccc(CNC(=NC)NCCc2ccc(-n3cccn3)cc2)cc1OC. The van der Waals surface area contributed by atoms with E-state index in [0.29, 0.717) is 13.2 Å². The summed E-state index contributed by atoms with van der Waals surface area (Å²) in [7, 11) is 3.42. The standard InChI is InChI=1S/C23H29N5O2/c1-4-30-21-11-8-19(16-22(21)29-3)17-26-23(24-2)25-14-12-18-6-9-20(10-7-18)28-15-5-13-27-28/h5-11,13,15-16H,4,12,14,17H2,1-3H3,(H2,24,25,26). The van der Waals surface area contributed by atoms with E-state index in [1.807, 2.05) is 42.1 Å². The van der Waals surface area contributed by atoms with Crippen LogP contribution in [0.1, 0.15) is 18.1 Å². The van der Waals surface area contributed by atoms with Crippen molar-refractivity contribution >= 4 is 5.96 Å². The lowest BCUT2D eigenvalue weighted by atomic mass is 10.1. The zero-order valence-corrected chi connectivity index (χ0v) is 17.8. The summed E-state index contributed by atoms with van der Waals surface area (Å²) in [5, 5.41) is 10.9. The third-order valence-corrected chi connectivity index (χ3v) is 4.62. The predicted octanol–water partition coefficient (Wildman–Crippen LogP) is 3.19. The van der Waals surface area contributed by atoms with Crippen LogP contribution in [0.2, 0.25) is 0 Å². The van der Waals surface area contributed by atoms with Crippen molar-refractivity contribution in [1.82, 2.24) is 20.4 Å². The van der Waals surface area contributed by atoms with Crippen LogP contribution in [0.4, 0.5) is 0 Å². The van der Waals surface area contributed by atoms with Gasteiger partial charge in [0.15, 0.2) is 17.5 Å². The first-order chi connectivity index (χ1) is 14.7. The molecule has 7 heteroatoms. The highest BCUT2D eigenvalue weighted by molar-refractivity contribution is 5.79. The molecule has 2 N–H and O–H groups in total. The van der Waals surface area contributed by atoms with E-state index in [1.54, 1.807) is 20.4 Å². The molecule has 0 aliphatic rings. The van der Waals surface area contributed by atoms with Crippen molar-refractivity contribution in [3.63, 3.8) is 0 Å². The number of guanidine groups is 1. The number of ether oxygens (including phenoxy) is 2. The van der Waals surface area contributed by atoms with Crippen molar-refractivity contribution in [2.75, 3.05) is 27.3 Å². The molecule has 7 nitrogen and oxygen atoms in total. The fourth-order valence-corrected chi connectivity index (χ4v) is 3.07. The van der Waals surface area contributed by atoms with Crippen LogP contribution in [0, 0.1) is 0 Å². The minimum atomic E-state index is 0.608. The van der Waals surface area contributed by atoms with E-state index in [4.69, 9.17) is 9.47 Å². The van der Waals surface area contributed by atoms with Gasteiger partial charge in [-0.3, -0.25) is 4.99 Å². The number of rotatable bonds is 9. The first-order valence-electron chi connectivity index (χ1n) is 10.1. The molecule has 0 fully saturated rings. The topological polar surface area (TPSA) is 72.7 Å². The van der Waals surface area contributed by atoms with Crippen LogP contribution in [-0.4, -0.2) is 43.0 Å². The molecular weight excluding hydrogens is 378 g/mol. The number of hydrogen-bond donors (Lipinski definition) is 2.